The van der Waals surface area contributed by atoms with Crippen molar-refractivity contribution in [3.8, 4) is 16.3 Å². The van der Waals surface area contributed by atoms with Gasteiger partial charge in [-0.05, 0) is 25.8 Å². The maximum Gasteiger partial charge on any atom is 0.234 e. The van der Waals surface area contributed by atoms with E-state index in [-0.39, 0.29) is 0 Å². The lowest BCUT2D eigenvalue weighted by atomic mass is 9.85. The second-order valence-corrected chi connectivity index (χ2v) is 6.19. The van der Waals surface area contributed by atoms with Crippen molar-refractivity contribution in [2.24, 2.45) is 0 Å². The van der Waals surface area contributed by atoms with Crippen molar-refractivity contribution in [3.05, 3.63) is 29.6 Å². The molecule has 1 fully saturated rings. The van der Waals surface area contributed by atoms with Gasteiger partial charge in [-0.2, -0.15) is 9.61 Å². The van der Waals surface area contributed by atoms with Crippen molar-refractivity contribution in [2.45, 2.75) is 32.1 Å². The Kier molecular flexibility index (Phi) is 2.53. The molecule has 0 atom stereocenters. The van der Waals surface area contributed by atoms with Crippen LogP contribution in [-0.2, 0) is 0 Å². The summed E-state index contributed by atoms with van der Waals surface area (Å²) in [6.45, 7) is 1.90. The predicted octanol–water partition coefficient (Wildman–Crippen LogP) is 3.13. The highest BCUT2D eigenvalue weighted by molar-refractivity contribution is 7.19. The van der Waals surface area contributed by atoms with Crippen LogP contribution in [0.1, 0.15) is 36.6 Å². The molecule has 20 heavy (non-hydrogen) atoms. The van der Waals surface area contributed by atoms with Crippen molar-refractivity contribution in [1.29, 1.82) is 0 Å². The molecule has 1 aromatic carbocycles. The van der Waals surface area contributed by atoms with Gasteiger partial charge in [-0.25, -0.2) is 0 Å². The molecule has 2 heterocycles. The van der Waals surface area contributed by atoms with Crippen molar-refractivity contribution >= 4 is 16.3 Å². The average Bonchev–Trinajstić information content (AvgIpc) is 2.93. The summed E-state index contributed by atoms with van der Waals surface area (Å²) < 4.78 is 1.87. The number of phenolic OH excluding ortho intramolecular Hbond substituents is 1. The van der Waals surface area contributed by atoms with Crippen LogP contribution in [0.5, 0.6) is 5.75 Å². The van der Waals surface area contributed by atoms with Crippen LogP contribution >= 0.6 is 11.3 Å². The normalized spacial score (nSPS) is 15.7. The molecule has 1 N–H and O–H groups in total. The molecule has 1 aliphatic rings. The molecule has 2 aromatic heterocycles. The average molecular weight is 286 g/mol. The van der Waals surface area contributed by atoms with E-state index in [2.05, 4.69) is 15.3 Å². The number of nitrogens with zero attached hydrogens (tertiary/aromatic N) is 4. The number of aromatic nitrogens is 4. The summed E-state index contributed by atoms with van der Waals surface area (Å²) >= 11 is 1.51. The molecule has 4 rings (SSSR count). The third kappa shape index (κ3) is 1.64. The van der Waals surface area contributed by atoms with Crippen LogP contribution in [0.4, 0.5) is 0 Å². The molecular formula is C14H14N4OS. The fourth-order valence-corrected chi connectivity index (χ4v) is 3.45. The molecular weight excluding hydrogens is 272 g/mol. The Balaban J connectivity index is 1.84. The van der Waals surface area contributed by atoms with Crippen LogP contribution in [0.3, 0.4) is 0 Å². The lowest BCUT2D eigenvalue weighted by Gasteiger charge is -2.22. The van der Waals surface area contributed by atoms with E-state index in [1.54, 1.807) is 6.07 Å². The van der Waals surface area contributed by atoms with Crippen LogP contribution in [0.2, 0.25) is 0 Å². The van der Waals surface area contributed by atoms with E-state index in [1.807, 2.05) is 23.6 Å². The van der Waals surface area contributed by atoms with Crippen LogP contribution in [0.25, 0.3) is 15.5 Å². The van der Waals surface area contributed by atoms with Gasteiger partial charge in [0.15, 0.2) is 5.82 Å². The molecule has 1 aliphatic carbocycles. The zero-order valence-corrected chi connectivity index (χ0v) is 11.9. The van der Waals surface area contributed by atoms with E-state index in [4.69, 9.17) is 0 Å². The van der Waals surface area contributed by atoms with Gasteiger partial charge < -0.3 is 5.11 Å². The highest BCUT2D eigenvalue weighted by atomic mass is 32.1. The summed E-state index contributed by atoms with van der Waals surface area (Å²) in [6, 6.07) is 5.51. The van der Waals surface area contributed by atoms with Gasteiger partial charge in [0.25, 0.3) is 0 Å². The summed E-state index contributed by atoms with van der Waals surface area (Å²) in [4.78, 5) is 0.824. The van der Waals surface area contributed by atoms with Gasteiger partial charge in [0.05, 0.1) is 0 Å². The zero-order chi connectivity index (χ0) is 13.7. The molecule has 0 amide bonds. The van der Waals surface area contributed by atoms with E-state index in [0.717, 1.165) is 26.9 Å². The zero-order valence-electron chi connectivity index (χ0n) is 11.1. The Morgan fingerprint density at radius 3 is 2.90 bits per heavy atom. The lowest BCUT2D eigenvalue weighted by molar-refractivity contribution is 0.395. The summed E-state index contributed by atoms with van der Waals surface area (Å²) in [5.74, 6) is 1.78. The Morgan fingerprint density at radius 1 is 1.30 bits per heavy atom. The molecule has 0 radical (unpaired) electrons. The molecule has 102 valence electrons. The van der Waals surface area contributed by atoms with Gasteiger partial charge in [-0.1, -0.05) is 29.9 Å². The number of phenols is 1. The first-order valence-corrected chi connectivity index (χ1v) is 7.57. The molecule has 6 heteroatoms. The Morgan fingerprint density at radius 2 is 2.15 bits per heavy atom. The third-order valence-corrected chi connectivity index (χ3v) is 4.95. The number of rotatable bonds is 2. The second-order valence-electron chi connectivity index (χ2n) is 5.24. The summed E-state index contributed by atoms with van der Waals surface area (Å²) in [7, 11) is 0. The maximum atomic E-state index is 9.82. The number of hydrogen-bond acceptors (Lipinski definition) is 5. The predicted molar refractivity (Wildman–Crippen MR) is 77.1 cm³/mol. The SMILES string of the molecule is Cc1c(O)cccc1-c1nn2c(C3CCC3)nnc2s1. The summed E-state index contributed by atoms with van der Waals surface area (Å²) in [6.07, 6.45) is 3.62. The van der Waals surface area contributed by atoms with Crippen LogP contribution in [0.15, 0.2) is 18.2 Å². The van der Waals surface area contributed by atoms with Gasteiger partial charge in [0.2, 0.25) is 4.96 Å². The monoisotopic (exact) mass is 286 g/mol. The Bertz CT molecular complexity index is 788. The van der Waals surface area contributed by atoms with Crippen molar-refractivity contribution in [1.82, 2.24) is 19.8 Å². The fourth-order valence-electron chi connectivity index (χ4n) is 2.52. The summed E-state index contributed by atoms with van der Waals surface area (Å²) in [5, 5.41) is 23.8. The van der Waals surface area contributed by atoms with Gasteiger partial charge in [0.1, 0.15) is 10.8 Å². The van der Waals surface area contributed by atoms with Crippen molar-refractivity contribution in [3.63, 3.8) is 0 Å². The minimum Gasteiger partial charge on any atom is -0.508 e. The van der Waals surface area contributed by atoms with E-state index in [0.29, 0.717) is 11.7 Å². The number of aromatic hydroxyl groups is 1. The molecule has 1 saturated carbocycles. The molecule has 0 aliphatic heterocycles. The molecule has 0 saturated heterocycles. The van der Waals surface area contributed by atoms with Gasteiger partial charge in [-0.15, -0.1) is 10.2 Å². The van der Waals surface area contributed by atoms with Crippen LogP contribution < -0.4 is 0 Å². The molecule has 3 aromatic rings. The van der Waals surface area contributed by atoms with E-state index < -0.39 is 0 Å². The largest absolute Gasteiger partial charge is 0.508 e. The Hall–Kier alpha value is -1.95. The first-order valence-electron chi connectivity index (χ1n) is 6.75. The highest BCUT2D eigenvalue weighted by Gasteiger charge is 2.26. The van der Waals surface area contributed by atoms with Gasteiger partial charge in [0, 0.05) is 17.0 Å². The van der Waals surface area contributed by atoms with Crippen LogP contribution in [-0.4, -0.2) is 24.9 Å². The molecule has 0 unspecified atom stereocenters. The first kappa shape index (κ1) is 11.8. The molecule has 5 nitrogen and oxygen atoms in total. The van der Waals surface area contributed by atoms with E-state index in [9.17, 15) is 5.11 Å². The maximum absolute atomic E-state index is 9.82. The minimum absolute atomic E-state index is 0.299. The number of fused-ring (bicyclic) bond motifs is 1. The van der Waals surface area contributed by atoms with E-state index in [1.165, 1.54) is 30.6 Å². The van der Waals surface area contributed by atoms with Gasteiger partial charge >= 0.3 is 0 Å². The number of hydrogen-bond donors (Lipinski definition) is 1. The quantitative estimate of drug-likeness (QED) is 0.786. The van der Waals surface area contributed by atoms with Crippen LogP contribution in [0, 0.1) is 6.92 Å². The van der Waals surface area contributed by atoms with Crippen molar-refractivity contribution in [2.75, 3.05) is 0 Å². The third-order valence-electron chi connectivity index (χ3n) is 4.02. The van der Waals surface area contributed by atoms with E-state index >= 15 is 0 Å². The summed E-state index contributed by atoms with van der Waals surface area (Å²) in [5.41, 5.74) is 1.81. The lowest BCUT2D eigenvalue weighted by Crippen LogP contribution is -2.13. The standard InChI is InChI=1S/C14H14N4OS/c1-8-10(6-3-7-11(8)19)13-17-18-12(9-4-2-5-9)15-16-14(18)20-13/h3,6-7,9,19H,2,4-5H2,1H3. The molecule has 0 spiro atoms. The highest BCUT2D eigenvalue weighted by Crippen LogP contribution is 2.37. The topological polar surface area (TPSA) is 63.3 Å². The minimum atomic E-state index is 0.299. The van der Waals surface area contributed by atoms with Crippen molar-refractivity contribution < 1.29 is 5.11 Å². The number of benzene rings is 1. The Labute approximate surface area is 119 Å². The second kappa shape index (κ2) is 4.28. The smallest absolute Gasteiger partial charge is 0.234 e. The van der Waals surface area contributed by atoms with Gasteiger partial charge in [-0.3, -0.25) is 0 Å². The fraction of sp³-hybridized carbons (Fsp3) is 0.357. The first-order chi connectivity index (χ1) is 9.74. The molecule has 0 bridgehead atoms.